The third kappa shape index (κ3) is 3.62. The fourth-order valence-corrected chi connectivity index (χ4v) is 2.42. The monoisotopic (exact) mass is 330 g/mol. The number of fused-ring (bicyclic) bond motifs is 1. The van der Waals surface area contributed by atoms with Crippen LogP contribution in [0.2, 0.25) is 0 Å². The minimum absolute atomic E-state index is 0.0271. The van der Waals surface area contributed by atoms with Crippen molar-refractivity contribution in [3.63, 3.8) is 0 Å². The number of nitro benzene ring substituents is 1. The number of nitrogens with one attached hydrogen (secondary N) is 1. The Morgan fingerprint density at radius 3 is 2.92 bits per heavy atom. The number of allylic oxidation sites excluding steroid dienone is 3. The molecule has 6 nitrogen and oxygen atoms in total. The second-order valence-corrected chi connectivity index (χ2v) is 5.51. The van der Waals surface area contributed by atoms with E-state index in [1.165, 1.54) is 12.1 Å². The van der Waals surface area contributed by atoms with Gasteiger partial charge < -0.3 is 4.98 Å². The minimum Gasteiger partial charge on any atom is -0.337 e. The van der Waals surface area contributed by atoms with Crippen LogP contribution < -0.4 is 0 Å². The topological polar surface area (TPSA) is 95.6 Å². The fourth-order valence-electron chi connectivity index (χ4n) is 2.42. The summed E-state index contributed by atoms with van der Waals surface area (Å²) in [7, 11) is 0. The van der Waals surface area contributed by atoms with Crippen molar-refractivity contribution in [3.05, 3.63) is 81.7 Å². The Labute approximate surface area is 143 Å². The molecule has 1 heterocycles. The molecule has 0 atom stereocenters. The summed E-state index contributed by atoms with van der Waals surface area (Å²) in [6, 6.07) is 14.2. The maximum Gasteiger partial charge on any atom is 0.270 e. The van der Waals surface area contributed by atoms with E-state index in [4.69, 9.17) is 0 Å². The van der Waals surface area contributed by atoms with Crippen LogP contribution in [-0.4, -0.2) is 14.9 Å². The molecule has 3 aromatic rings. The van der Waals surface area contributed by atoms with Crippen LogP contribution in [0.3, 0.4) is 0 Å². The number of rotatable bonds is 4. The highest BCUT2D eigenvalue weighted by atomic mass is 16.6. The summed E-state index contributed by atoms with van der Waals surface area (Å²) in [6.45, 7) is 1.99. The zero-order chi connectivity index (χ0) is 17.8. The molecule has 122 valence electrons. The number of non-ortho nitro benzene ring substituents is 1. The second kappa shape index (κ2) is 6.81. The van der Waals surface area contributed by atoms with Crippen LogP contribution in [0.4, 0.5) is 5.69 Å². The predicted molar refractivity (Wildman–Crippen MR) is 96.6 cm³/mol. The Balaban J connectivity index is 1.88. The molecule has 0 fully saturated rings. The Kier molecular flexibility index (Phi) is 4.40. The van der Waals surface area contributed by atoms with Gasteiger partial charge in [-0.25, -0.2) is 4.98 Å². The van der Waals surface area contributed by atoms with Crippen molar-refractivity contribution in [1.82, 2.24) is 9.97 Å². The summed E-state index contributed by atoms with van der Waals surface area (Å²) >= 11 is 0. The van der Waals surface area contributed by atoms with E-state index in [0.717, 1.165) is 16.6 Å². The van der Waals surface area contributed by atoms with Crippen molar-refractivity contribution in [2.75, 3.05) is 0 Å². The SMILES string of the molecule is Cc1ccc2nc(C(C#N)=CC=Cc3cccc([N+](=O)[O-])c3)[nH]c2c1. The molecule has 6 heteroatoms. The molecule has 25 heavy (non-hydrogen) atoms. The van der Waals surface area contributed by atoms with Gasteiger partial charge in [0.1, 0.15) is 11.9 Å². The average molecular weight is 330 g/mol. The van der Waals surface area contributed by atoms with E-state index in [-0.39, 0.29) is 5.69 Å². The van der Waals surface area contributed by atoms with Gasteiger partial charge in [-0.05, 0) is 36.3 Å². The lowest BCUT2D eigenvalue weighted by Crippen LogP contribution is -1.87. The number of benzene rings is 2. The number of imidazole rings is 1. The van der Waals surface area contributed by atoms with Crippen LogP contribution >= 0.6 is 0 Å². The van der Waals surface area contributed by atoms with Gasteiger partial charge in [-0.3, -0.25) is 10.1 Å². The highest BCUT2D eigenvalue weighted by molar-refractivity contribution is 5.83. The van der Waals surface area contributed by atoms with Crippen molar-refractivity contribution >= 4 is 28.4 Å². The number of aromatic amines is 1. The number of aryl methyl sites for hydroxylation is 1. The Bertz CT molecular complexity index is 1050. The molecule has 0 saturated carbocycles. The standard InChI is InChI=1S/C19H14N4O2/c1-13-8-9-17-18(10-13)22-19(21-17)15(12-20)6-2-4-14-5-3-7-16(11-14)23(24)25/h2-11H,1H3,(H,21,22). The average Bonchev–Trinajstić information content (AvgIpc) is 3.01. The van der Waals surface area contributed by atoms with Gasteiger partial charge in [0.15, 0.2) is 0 Å². The number of nitriles is 1. The lowest BCUT2D eigenvalue weighted by atomic mass is 10.1. The lowest BCUT2D eigenvalue weighted by Gasteiger charge is -1.94. The molecule has 1 N–H and O–H groups in total. The molecule has 0 bridgehead atoms. The quantitative estimate of drug-likeness (QED) is 0.332. The Morgan fingerprint density at radius 1 is 1.32 bits per heavy atom. The normalized spacial score (nSPS) is 11.8. The van der Waals surface area contributed by atoms with E-state index in [1.54, 1.807) is 30.4 Å². The number of hydrogen-bond acceptors (Lipinski definition) is 4. The molecule has 0 radical (unpaired) electrons. The molecular weight excluding hydrogens is 316 g/mol. The number of hydrogen-bond donors (Lipinski definition) is 1. The first-order valence-electron chi connectivity index (χ1n) is 7.56. The first-order valence-corrected chi connectivity index (χ1v) is 7.56. The Hall–Kier alpha value is -3.72. The summed E-state index contributed by atoms with van der Waals surface area (Å²) in [4.78, 5) is 17.9. The van der Waals surface area contributed by atoms with Crippen molar-refractivity contribution in [2.24, 2.45) is 0 Å². The number of nitrogens with zero attached hydrogens (tertiary/aromatic N) is 3. The largest absolute Gasteiger partial charge is 0.337 e. The van der Waals surface area contributed by atoms with Crippen molar-refractivity contribution in [3.8, 4) is 6.07 Å². The van der Waals surface area contributed by atoms with Gasteiger partial charge in [0.2, 0.25) is 0 Å². The molecule has 0 unspecified atom stereocenters. The molecule has 0 saturated heterocycles. The second-order valence-electron chi connectivity index (χ2n) is 5.51. The predicted octanol–water partition coefficient (Wildman–Crippen LogP) is 4.40. The van der Waals surface area contributed by atoms with Crippen LogP contribution in [-0.2, 0) is 0 Å². The summed E-state index contributed by atoms with van der Waals surface area (Å²) in [6.07, 6.45) is 5.01. The van der Waals surface area contributed by atoms with Gasteiger partial charge in [-0.2, -0.15) is 5.26 Å². The first kappa shape index (κ1) is 16.1. The third-order valence-corrected chi connectivity index (χ3v) is 3.65. The van der Waals surface area contributed by atoms with Gasteiger partial charge in [0.25, 0.3) is 5.69 Å². The van der Waals surface area contributed by atoms with Crippen LogP contribution in [0.5, 0.6) is 0 Å². The molecule has 1 aromatic heterocycles. The Morgan fingerprint density at radius 2 is 2.16 bits per heavy atom. The molecule has 3 rings (SSSR count). The molecule has 2 aromatic carbocycles. The molecule has 0 aliphatic carbocycles. The van der Waals surface area contributed by atoms with Gasteiger partial charge in [-0.15, -0.1) is 0 Å². The molecule has 0 spiro atoms. The molecular formula is C19H14N4O2. The van der Waals surface area contributed by atoms with Gasteiger partial charge >= 0.3 is 0 Å². The zero-order valence-electron chi connectivity index (χ0n) is 13.4. The van der Waals surface area contributed by atoms with Crippen molar-refractivity contribution in [2.45, 2.75) is 6.92 Å². The molecule has 0 amide bonds. The van der Waals surface area contributed by atoms with E-state index < -0.39 is 4.92 Å². The van der Waals surface area contributed by atoms with E-state index >= 15 is 0 Å². The highest BCUT2D eigenvalue weighted by Gasteiger charge is 2.07. The lowest BCUT2D eigenvalue weighted by molar-refractivity contribution is -0.384. The van der Waals surface area contributed by atoms with Crippen LogP contribution in [0, 0.1) is 28.4 Å². The summed E-state index contributed by atoms with van der Waals surface area (Å²) in [5.74, 6) is 0.492. The summed E-state index contributed by atoms with van der Waals surface area (Å²) in [5.41, 5.74) is 3.87. The number of aromatic nitrogens is 2. The number of H-pyrrole nitrogens is 1. The molecule has 0 aliphatic rings. The number of nitro groups is 1. The van der Waals surface area contributed by atoms with E-state index in [1.807, 2.05) is 25.1 Å². The van der Waals surface area contributed by atoms with Crippen LogP contribution in [0.25, 0.3) is 22.7 Å². The van der Waals surface area contributed by atoms with Gasteiger partial charge in [0.05, 0.1) is 21.5 Å². The van der Waals surface area contributed by atoms with E-state index in [9.17, 15) is 15.4 Å². The summed E-state index contributed by atoms with van der Waals surface area (Å²) < 4.78 is 0. The van der Waals surface area contributed by atoms with Crippen molar-refractivity contribution in [1.29, 1.82) is 5.26 Å². The van der Waals surface area contributed by atoms with Crippen LogP contribution in [0.1, 0.15) is 17.0 Å². The van der Waals surface area contributed by atoms with Gasteiger partial charge in [0, 0.05) is 12.1 Å². The highest BCUT2D eigenvalue weighted by Crippen LogP contribution is 2.19. The van der Waals surface area contributed by atoms with Gasteiger partial charge in [-0.1, -0.05) is 30.4 Å². The fraction of sp³-hybridized carbons (Fsp3) is 0.0526. The smallest absolute Gasteiger partial charge is 0.270 e. The maximum absolute atomic E-state index is 10.8. The first-order chi connectivity index (χ1) is 12.1. The molecule has 0 aliphatic heterocycles. The third-order valence-electron chi connectivity index (χ3n) is 3.65. The summed E-state index contributed by atoms with van der Waals surface area (Å²) in [5, 5.41) is 20.2. The van der Waals surface area contributed by atoms with E-state index in [2.05, 4.69) is 16.0 Å². The van der Waals surface area contributed by atoms with Crippen molar-refractivity contribution < 1.29 is 4.92 Å². The zero-order valence-corrected chi connectivity index (χ0v) is 13.4. The van der Waals surface area contributed by atoms with Crippen LogP contribution in [0.15, 0.2) is 54.6 Å². The maximum atomic E-state index is 10.8. The minimum atomic E-state index is -0.440. The van der Waals surface area contributed by atoms with E-state index in [0.29, 0.717) is 17.0 Å².